The van der Waals surface area contributed by atoms with Crippen LogP contribution in [0.2, 0.25) is 0 Å². The van der Waals surface area contributed by atoms with Crippen LogP contribution < -0.4 is 20.1 Å². The first kappa shape index (κ1) is 27.2. The molecule has 0 radical (unpaired) electrons. The second-order valence-electron chi connectivity index (χ2n) is 7.78. The summed E-state index contributed by atoms with van der Waals surface area (Å²) < 4.78 is 33.9. The molecule has 2 rings (SSSR count). The zero-order valence-electron chi connectivity index (χ0n) is 18.7. The fourth-order valence-corrected chi connectivity index (χ4v) is 4.55. The van der Waals surface area contributed by atoms with Crippen molar-refractivity contribution in [2.24, 2.45) is 4.99 Å². The van der Waals surface area contributed by atoms with Crippen molar-refractivity contribution in [3.63, 3.8) is 0 Å². The summed E-state index contributed by atoms with van der Waals surface area (Å²) in [6, 6.07) is 14.8. The van der Waals surface area contributed by atoms with Gasteiger partial charge in [0, 0.05) is 31.2 Å². The SMILES string of the molecule is CCOc1ccccc1CNC(=NC)NCc1ccccc1S(=O)(=O)NC(C)(C)C.I. The van der Waals surface area contributed by atoms with Crippen LogP contribution in [0.5, 0.6) is 5.75 Å². The topological polar surface area (TPSA) is 91.8 Å². The molecule has 7 nitrogen and oxygen atoms in total. The first-order valence-electron chi connectivity index (χ1n) is 9.93. The molecule has 2 aromatic rings. The Hall–Kier alpha value is -1.85. The van der Waals surface area contributed by atoms with Gasteiger partial charge in [-0.05, 0) is 45.4 Å². The maximum Gasteiger partial charge on any atom is 0.241 e. The molecular formula is C22H33IN4O3S. The fourth-order valence-electron chi connectivity index (χ4n) is 2.89. The van der Waals surface area contributed by atoms with E-state index in [1.807, 2.05) is 58.0 Å². The lowest BCUT2D eigenvalue weighted by Crippen LogP contribution is -2.41. The second kappa shape index (κ2) is 12.3. The normalized spacial score (nSPS) is 12.1. The van der Waals surface area contributed by atoms with Gasteiger partial charge < -0.3 is 15.4 Å². The molecule has 31 heavy (non-hydrogen) atoms. The number of hydrogen-bond donors (Lipinski definition) is 3. The van der Waals surface area contributed by atoms with Crippen molar-refractivity contribution in [3.8, 4) is 5.75 Å². The summed E-state index contributed by atoms with van der Waals surface area (Å²) in [5, 5.41) is 6.43. The van der Waals surface area contributed by atoms with Crippen LogP contribution in [0.15, 0.2) is 58.4 Å². The van der Waals surface area contributed by atoms with Crippen LogP contribution in [0.3, 0.4) is 0 Å². The molecule has 0 amide bonds. The van der Waals surface area contributed by atoms with Crippen molar-refractivity contribution >= 4 is 40.0 Å². The van der Waals surface area contributed by atoms with Crippen LogP contribution in [-0.4, -0.2) is 33.6 Å². The monoisotopic (exact) mass is 560 g/mol. The van der Waals surface area contributed by atoms with Gasteiger partial charge in [-0.25, -0.2) is 13.1 Å². The van der Waals surface area contributed by atoms with E-state index < -0.39 is 15.6 Å². The Morgan fingerprint density at radius 3 is 2.10 bits per heavy atom. The molecule has 0 atom stereocenters. The Morgan fingerprint density at radius 2 is 1.52 bits per heavy atom. The highest BCUT2D eigenvalue weighted by Crippen LogP contribution is 2.19. The van der Waals surface area contributed by atoms with Gasteiger partial charge >= 0.3 is 0 Å². The predicted octanol–water partition coefficient (Wildman–Crippen LogP) is 3.65. The lowest BCUT2D eigenvalue weighted by molar-refractivity contribution is 0.336. The Balaban J connectivity index is 0.00000480. The number of rotatable bonds is 8. The number of ether oxygens (including phenoxy) is 1. The molecule has 2 aromatic carbocycles. The number of sulfonamides is 1. The minimum atomic E-state index is -3.64. The lowest BCUT2D eigenvalue weighted by atomic mass is 10.1. The van der Waals surface area contributed by atoms with E-state index in [1.54, 1.807) is 25.2 Å². The van der Waals surface area contributed by atoms with Gasteiger partial charge in [-0.3, -0.25) is 4.99 Å². The zero-order valence-corrected chi connectivity index (χ0v) is 21.9. The summed E-state index contributed by atoms with van der Waals surface area (Å²) in [4.78, 5) is 4.49. The Morgan fingerprint density at radius 1 is 0.968 bits per heavy atom. The number of nitrogens with zero attached hydrogens (tertiary/aromatic N) is 1. The fraction of sp³-hybridized carbons (Fsp3) is 0.409. The molecule has 172 valence electrons. The molecule has 0 aromatic heterocycles. The van der Waals surface area contributed by atoms with Crippen molar-refractivity contribution in [3.05, 3.63) is 59.7 Å². The molecule has 0 unspecified atom stereocenters. The van der Waals surface area contributed by atoms with Crippen LogP contribution in [0.1, 0.15) is 38.8 Å². The van der Waals surface area contributed by atoms with Crippen molar-refractivity contribution in [2.75, 3.05) is 13.7 Å². The third-order valence-corrected chi connectivity index (χ3v) is 5.95. The van der Waals surface area contributed by atoms with Crippen LogP contribution in [0, 0.1) is 0 Å². The molecule has 0 fully saturated rings. The first-order chi connectivity index (χ1) is 14.2. The second-order valence-corrected chi connectivity index (χ2v) is 9.43. The van der Waals surface area contributed by atoms with Crippen LogP contribution >= 0.6 is 24.0 Å². The Kier molecular flexibility index (Phi) is 10.7. The lowest BCUT2D eigenvalue weighted by Gasteiger charge is -2.22. The van der Waals surface area contributed by atoms with Gasteiger partial charge in [-0.2, -0.15) is 0 Å². The van der Waals surface area contributed by atoms with E-state index in [4.69, 9.17) is 4.74 Å². The number of nitrogens with one attached hydrogen (secondary N) is 3. The third kappa shape index (κ3) is 8.66. The highest BCUT2D eigenvalue weighted by Gasteiger charge is 2.24. The molecule has 0 heterocycles. The largest absolute Gasteiger partial charge is 0.494 e. The quantitative estimate of drug-likeness (QED) is 0.261. The number of para-hydroxylation sites is 1. The van der Waals surface area contributed by atoms with E-state index in [0.717, 1.165) is 11.3 Å². The van der Waals surface area contributed by atoms with Crippen LogP contribution in [0.4, 0.5) is 0 Å². The average Bonchev–Trinajstić information content (AvgIpc) is 2.68. The standard InChI is InChI=1S/C22H32N4O3S.HI/c1-6-29-19-13-9-7-11-17(19)15-24-21(23-5)25-16-18-12-8-10-14-20(18)30(27,28)26-22(2,3)4;/h7-14,26H,6,15-16H2,1-5H3,(H2,23,24,25);1H. The van der Waals surface area contributed by atoms with E-state index in [0.29, 0.717) is 31.2 Å². The highest BCUT2D eigenvalue weighted by molar-refractivity contribution is 14.0. The zero-order chi connectivity index (χ0) is 22.2. The van der Waals surface area contributed by atoms with Gasteiger partial charge in [0.15, 0.2) is 5.96 Å². The number of hydrogen-bond acceptors (Lipinski definition) is 4. The molecule has 0 bridgehead atoms. The number of guanidine groups is 1. The first-order valence-corrected chi connectivity index (χ1v) is 11.4. The van der Waals surface area contributed by atoms with E-state index in [9.17, 15) is 8.42 Å². The van der Waals surface area contributed by atoms with Gasteiger partial charge in [0.05, 0.1) is 11.5 Å². The molecule has 0 saturated heterocycles. The van der Waals surface area contributed by atoms with Crippen LogP contribution in [0.25, 0.3) is 0 Å². The van der Waals surface area contributed by atoms with Gasteiger partial charge in [0.2, 0.25) is 10.0 Å². The van der Waals surface area contributed by atoms with Crippen molar-refractivity contribution in [1.29, 1.82) is 0 Å². The van der Waals surface area contributed by atoms with Gasteiger partial charge in [-0.15, -0.1) is 24.0 Å². The van der Waals surface area contributed by atoms with E-state index in [-0.39, 0.29) is 28.9 Å². The molecular weight excluding hydrogens is 527 g/mol. The highest BCUT2D eigenvalue weighted by atomic mass is 127. The van der Waals surface area contributed by atoms with Gasteiger partial charge in [0.25, 0.3) is 0 Å². The molecule has 0 aliphatic carbocycles. The Bertz CT molecular complexity index is 973. The number of aliphatic imine (C=N–C) groups is 1. The predicted molar refractivity (Wildman–Crippen MR) is 137 cm³/mol. The molecule has 0 spiro atoms. The number of benzene rings is 2. The smallest absolute Gasteiger partial charge is 0.241 e. The molecule has 3 N–H and O–H groups in total. The summed E-state index contributed by atoms with van der Waals surface area (Å²) in [5.41, 5.74) is 1.11. The summed E-state index contributed by atoms with van der Waals surface area (Å²) in [6.07, 6.45) is 0. The summed E-state index contributed by atoms with van der Waals surface area (Å²) >= 11 is 0. The van der Waals surface area contributed by atoms with Crippen molar-refractivity contribution in [2.45, 2.75) is 51.2 Å². The van der Waals surface area contributed by atoms with E-state index in [2.05, 4.69) is 20.3 Å². The summed E-state index contributed by atoms with van der Waals surface area (Å²) in [6.45, 7) is 8.84. The maximum atomic E-state index is 12.8. The van der Waals surface area contributed by atoms with Crippen LogP contribution in [-0.2, 0) is 23.1 Å². The summed E-state index contributed by atoms with van der Waals surface area (Å²) in [5.74, 6) is 1.39. The maximum absolute atomic E-state index is 12.8. The van der Waals surface area contributed by atoms with Gasteiger partial charge in [0.1, 0.15) is 5.75 Å². The minimum Gasteiger partial charge on any atom is -0.494 e. The van der Waals surface area contributed by atoms with E-state index in [1.165, 1.54) is 0 Å². The van der Waals surface area contributed by atoms with E-state index >= 15 is 0 Å². The van der Waals surface area contributed by atoms with Crippen molar-refractivity contribution in [1.82, 2.24) is 15.4 Å². The molecule has 0 aliphatic rings. The molecule has 9 heteroatoms. The average molecular weight is 561 g/mol. The summed E-state index contributed by atoms with van der Waals surface area (Å²) in [7, 11) is -1.96. The Labute approximate surface area is 203 Å². The van der Waals surface area contributed by atoms with Gasteiger partial charge in [-0.1, -0.05) is 36.4 Å². The minimum absolute atomic E-state index is 0. The number of halogens is 1. The third-order valence-electron chi connectivity index (χ3n) is 4.09. The van der Waals surface area contributed by atoms with Crippen molar-refractivity contribution < 1.29 is 13.2 Å². The molecule has 0 saturated carbocycles. The molecule has 0 aliphatic heterocycles.